The lowest BCUT2D eigenvalue weighted by Crippen LogP contribution is -2.41. The van der Waals surface area contributed by atoms with Crippen molar-refractivity contribution in [2.75, 3.05) is 26.2 Å². The van der Waals surface area contributed by atoms with E-state index in [1.165, 1.54) is 0 Å². The van der Waals surface area contributed by atoms with Gasteiger partial charge >= 0.3 is 5.97 Å². The molecular formula is C20H29FN2O2. The molecule has 1 aromatic carbocycles. The summed E-state index contributed by atoms with van der Waals surface area (Å²) in [6, 6.07) is 5.10. The van der Waals surface area contributed by atoms with E-state index in [0.717, 1.165) is 63.0 Å². The first-order valence-electron chi connectivity index (χ1n) is 9.37. The summed E-state index contributed by atoms with van der Waals surface area (Å²) in [5, 5.41) is 9.53. The highest BCUT2D eigenvalue weighted by Gasteiger charge is 2.47. The van der Waals surface area contributed by atoms with Crippen molar-refractivity contribution < 1.29 is 14.3 Å². The Kier molecular flexibility index (Phi) is 5.44. The van der Waals surface area contributed by atoms with Gasteiger partial charge in [0.1, 0.15) is 11.9 Å². The number of carboxylic acids is 1. The van der Waals surface area contributed by atoms with E-state index in [1.807, 2.05) is 19.1 Å². The Morgan fingerprint density at radius 3 is 2.68 bits per heavy atom. The number of rotatable bonds is 5. The Bertz CT molecular complexity index is 626. The van der Waals surface area contributed by atoms with Crippen molar-refractivity contribution in [3.8, 4) is 0 Å². The maximum Gasteiger partial charge on any atom is 0.320 e. The van der Waals surface area contributed by atoms with E-state index in [0.29, 0.717) is 6.54 Å². The SMILES string of the molecule is CCCN1CC2(CCN(Cc3ccc(C)cc3F)CC2)C[C@@H]1C(=O)O. The molecule has 0 aliphatic carbocycles. The Labute approximate surface area is 149 Å². The Balaban J connectivity index is 1.60. The number of nitrogens with zero attached hydrogens (tertiary/aromatic N) is 2. The maximum atomic E-state index is 14.1. The molecule has 0 saturated carbocycles. The minimum absolute atomic E-state index is 0.124. The largest absolute Gasteiger partial charge is 0.480 e. The lowest BCUT2D eigenvalue weighted by molar-refractivity contribution is -0.142. The van der Waals surface area contributed by atoms with E-state index >= 15 is 0 Å². The number of likely N-dealkylation sites (tertiary alicyclic amines) is 2. The van der Waals surface area contributed by atoms with Gasteiger partial charge in [0.05, 0.1) is 0 Å². The zero-order valence-corrected chi connectivity index (χ0v) is 15.3. The second kappa shape index (κ2) is 7.42. The molecule has 138 valence electrons. The molecule has 2 fully saturated rings. The summed E-state index contributed by atoms with van der Waals surface area (Å²) in [6.07, 6.45) is 3.75. The van der Waals surface area contributed by atoms with Crippen LogP contribution in [0.15, 0.2) is 18.2 Å². The summed E-state index contributed by atoms with van der Waals surface area (Å²) < 4.78 is 14.1. The highest BCUT2D eigenvalue weighted by molar-refractivity contribution is 5.74. The van der Waals surface area contributed by atoms with Gasteiger partial charge in [0.2, 0.25) is 0 Å². The van der Waals surface area contributed by atoms with E-state index in [-0.39, 0.29) is 17.3 Å². The fraction of sp³-hybridized carbons (Fsp3) is 0.650. The van der Waals surface area contributed by atoms with Crippen LogP contribution < -0.4 is 0 Å². The van der Waals surface area contributed by atoms with E-state index in [9.17, 15) is 14.3 Å². The molecule has 4 nitrogen and oxygen atoms in total. The van der Waals surface area contributed by atoms with Gasteiger partial charge in [0.25, 0.3) is 0 Å². The van der Waals surface area contributed by atoms with E-state index in [4.69, 9.17) is 0 Å². The van der Waals surface area contributed by atoms with Crippen molar-refractivity contribution in [2.24, 2.45) is 5.41 Å². The van der Waals surface area contributed by atoms with Gasteiger partial charge in [-0.05, 0) is 69.3 Å². The third kappa shape index (κ3) is 4.04. The zero-order chi connectivity index (χ0) is 18.0. The highest BCUT2D eigenvalue weighted by Crippen LogP contribution is 2.43. The Hall–Kier alpha value is -1.46. The van der Waals surface area contributed by atoms with Crippen molar-refractivity contribution in [1.29, 1.82) is 0 Å². The van der Waals surface area contributed by atoms with Crippen LogP contribution in [0.4, 0.5) is 4.39 Å². The van der Waals surface area contributed by atoms with Crippen LogP contribution >= 0.6 is 0 Å². The summed E-state index contributed by atoms with van der Waals surface area (Å²) in [5.74, 6) is -0.810. The van der Waals surface area contributed by atoms with Crippen molar-refractivity contribution in [2.45, 2.75) is 52.1 Å². The molecule has 1 N–H and O–H groups in total. The van der Waals surface area contributed by atoms with Crippen molar-refractivity contribution in [1.82, 2.24) is 9.80 Å². The number of halogens is 1. The number of hydrogen-bond acceptors (Lipinski definition) is 3. The molecule has 2 heterocycles. The van der Waals surface area contributed by atoms with Gasteiger partial charge in [0, 0.05) is 18.7 Å². The molecule has 0 aromatic heterocycles. The molecule has 25 heavy (non-hydrogen) atoms. The molecule has 1 spiro atoms. The van der Waals surface area contributed by atoms with Crippen LogP contribution in [0, 0.1) is 18.2 Å². The third-order valence-corrected chi connectivity index (χ3v) is 5.92. The maximum absolute atomic E-state index is 14.1. The van der Waals surface area contributed by atoms with Gasteiger partial charge in [-0.1, -0.05) is 19.1 Å². The molecule has 2 saturated heterocycles. The summed E-state index contributed by atoms with van der Waals surface area (Å²) in [4.78, 5) is 16.0. The zero-order valence-electron chi connectivity index (χ0n) is 15.3. The Morgan fingerprint density at radius 2 is 2.08 bits per heavy atom. The van der Waals surface area contributed by atoms with E-state index < -0.39 is 5.97 Å². The first-order chi connectivity index (χ1) is 11.9. The fourth-order valence-electron chi connectivity index (χ4n) is 4.48. The van der Waals surface area contributed by atoms with Gasteiger partial charge in [-0.15, -0.1) is 0 Å². The first kappa shape index (κ1) is 18.3. The molecule has 2 aliphatic rings. The Morgan fingerprint density at radius 1 is 1.36 bits per heavy atom. The number of aliphatic carboxylic acids is 1. The molecule has 0 bridgehead atoms. The minimum Gasteiger partial charge on any atom is -0.480 e. The number of benzene rings is 1. The average molecular weight is 348 g/mol. The van der Waals surface area contributed by atoms with Crippen LogP contribution in [-0.2, 0) is 11.3 Å². The third-order valence-electron chi connectivity index (χ3n) is 5.92. The lowest BCUT2D eigenvalue weighted by Gasteiger charge is -2.39. The second-order valence-corrected chi connectivity index (χ2v) is 7.90. The average Bonchev–Trinajstić information content (AvgIpc) is 2.91. The number of aryl methyl sites for hydroxylation is 1. The van der Waals surface area contributed by atoms with Crippen LogP contribution in [0.3, 0.4) is 0 Å². The van der Waals surface area contributed by atoms with Gasteiger partial charge < -0.3 is 5.11 Å². The normalized spacial score (nSPS) is 24.0. The smallest absolute Gasteiger partial charge is 0.320 e. The fourth-order valence-corrected chi connectivity index (χ4v) is 4.48. The molecule has 3 rings (SSSR count). The van der Waals surface area contributed by atoms with Crippen LogP contribution in [0.5, 0.6) is 0 Å². The molecule has 1 aromatic rings. The van der Waals surface area contributed by atoms with Gasteiger partial charge in [-0.25, -0.2) is 4.39 Å². The highest BCUT2D eigenvalue weighted by atomic mass is 19.1. The first-order valence-corrected chi connectivity index (χ1v) is 9.37. The summed E-state index contributed by atoms with van der Waals surface area (Å²) >= 11 is 0. The lowest BCUT2D eigenvalue weighted by atomic mass is 9.76. The summed E-state index contributed by atoms with van der Waals surface area (Å²) in [6.45, 7) is 8.23. The van der Waals surface area contributed by atoms with Gasteiger partial charge in [0.15, 0.2) is 0 Å². The molecule has 1 atom stereocenters. The number of carbonyl (C=O) groups is 1. The monoisotopic (exact) mass is 348 g/mol. The predicted octanol–water partition coefficient (Wildman–Crippen LogP) is 3.29. The standard InChI is InChI=1S/C20H29FN2O2/c1-3-8-23-14-20(12-18(23)19(24)25)6-9-22(10-7-20)13-16-5-4-15(2)11-17(16)21/h4-5,11,18H,3,6-10,12-14H2,1-2H3,(H,24,25)/t18-/m1/s1. The van der Waals surface area contributed by atoms with Crippen molar-refractivity contribution >= 4 is 5.97 Å². The topological polar surface area (TPSA) is 43.8 Å². The molecule has 0 unspecified atom stereocenters. The van der Waals surface area contributed by atoms with Crippen LogP contribution in [0.1, 0.15) is 43.7 Å². The van der Waals surface area contributed by atoms with Crippen LogP contribution in [0.25, 0.3) is 0 Å². The summed E-state index contributed by atoms with van der Waals surface area (Å²) in [5.41, 5.74) is 1.82. The van der Waals surface area contributed by atoms with E-state index in [1.54, 1.807) is 6.07 Å². The molecule has 0 amide bonds. The van der Waals surface area contributed by atoms with Crippen LogP contribution in [0.2, 0.25) is 0 Å². The molecule has 5 heteroatoms. The van der Waals surface area contributed by atoms with Gasteiger partial charge in [-0.2, -0.15) is 0 Å². The second-order valence-electron chi connectivity index (χ2n) is 7.90. The minimum atomic E-state index is -0.686. The van der Waals surface area contributed by atoms with E-state index in [2.05, 4.69) is 16.7 Å². The van der Waals surface area contributed by atoms with Crippen molar-refractivity contribution in [3.63, 3.8) is 0 Å². The van der Waals surface area contributed by atoms with Gasteiger partial charge in [-0.3, -0.25) is 14.6 Å². The molecule has 2 aliphatic heterocycles. The number of piperidine rings is 1. The summed E-state index contributed by atoms with van der Waals surface area (Å²) in [7, 11) is 0. The molecular weight excluding hydrogens is 319 g/mol. The van der Waals surface area contributed by atoms with Crippen LogP contribution in [-0.4, -0.2) is 53.1 Å². The predicted molar refractivity (Wildman–Crippen MR) is 96.0 cm³/mol. The number of hydrogen-bond donors (Lipinski definition) is 1. The quantitative estimate of drug-likeness (QED) is 0.887. The van der Waals surface area contributed by atoms with Crippen molar-refractivity contribution in [3.05, 3.63) is 35.1 Å². The molecule has 0 radical (unpaired) electrons. The number of carboxylic acid groups (broad SMARTS) is 1.